The second kappa shape index (κ2) is 12.9. The number of nitrogens with one attached hydrogen (secondary N) is 3. The minimum Gasteiger partial charge on any atom is -0.481 e. The van der Waals surface area contributed by atoms with Gasteiger partial charge in [0.25, 0.3) is 0 Å². The topological polar surface area (TPSA) is 188 Å². The fraction of sp³-hybridized carbons (Fsp3) is 0.750. The minimum absolute atomic E-state index is 0.188. The molecular weight excluding hydrogens is 408 g/mol. The van der Waals surface area contributed by atoms with Crippen LogP contribution < -0.4 is 21.7 Å². The first kappa shape index (κ1) is 28.3. The minimum atomic E-state index is -1.45. The SMILES string of the molecule is CCC(C)C(N)C(=O)NC(CC(=O)O)C(=O)NC(C(=O)NC(C(=O)O)C(C)C)C(C)C. The van der Waals surface area contributed by atoms with Gasteiger partial charge in [-0.25, -0.2) is 4.79 Å². The average molecular weight is 445 g/mol. The molecule has 11 nitrogen and oxygen atoms in total. The lowest BCUT2D eigenvalue weighted by atomic mass is 9.98. The molecule has 0 rings (SSSR count). The summed E-state index contributed by atoms with van der Waals surface area (Å²) in [7, 11) is 0. The third-order valence-corrected chi connectivity index (χ3v) is 5.05. The molecule has 7 N–H and O–H groups in total. The Kier molecular flexibility index (Phi) is 11.8. The highest BCUT2D eigenvalue weighted by molar-refractivity contribution is 5.95. The quantitative estimate of drug-likeness (QED) is 0.223. The predicted octanol–water partition coefficient (Wildman–Crippen LogP) is -0.314. The number of hydrogen-bond donors (Lipinski definition) is 6. The maximum Gasteiger partial charge on any atom is 0.326 e. The molecule has 5 atom stereocenters. The third-order valence-electron chi connectivity index (χ3n) is 5.05. The van der Waals surface area contributed by atoms with Gasteiger partial charge in [-0.15, -0.1) is 0 Å². The van der Waals surface area contributed by atoms with Crippen LogP contribution in [0.1, 0.15) is 54.4 Å². The van der Waals surface area contributed by atoms with Gasteiger partial charge in [-0.05, 0) is 17.8 Å². The lowest BCUT2D eigenvalue weighted by molar-refractivity contribution is -0.144. The number of nitrogens with two attached hydrogens (primary N) is 1. The zero-order chi connectivity index (χ0) is 24.5. The second-order valence-electron chi connectivity index (χ2n) is 8.37. The largest absolute Gasteiger partial charge is 0.481 e. The summed E-state index contributed by atoms with van der Waals surface area (Å²) in [4.78, 5) is 60.2. The molecule has 0 saturated carbocycles. The van der Waals surface area contributed by atoms with E-state index < -0.39 is 72.1 Å². The summed E-state index contributed by atoms with van der Waals surface area (Å²) in [5.74, 6) is -5.83. The van der Waals surface area contributed by atoms with Gasteiger partial charge in [0.1, 0.15) is 18.1 Å². The van der Waals surface area contributed by atoms with Gasteiger partial charge in [0.2, 0.25) is 17.7 Å². The molecule has 3 amide bonds. The van der Waals surface area contributed by atoms with Crippen LogP contribution in [0.25, 0.3) is 0 Å². The number of aliphatic carboxylic acids is 2. The summed E-state index contributed by atoms with van der Waals surface area (Å²) in [5, 5.41) is 25.6. The van der Waals surface area contributed by atoms with Gasteiger partial charge >= 0.3 is 11.9 Å². The first-order valence-corrected chi connectivity index (χ1v) is 10.3. The maximum absolute atomic E-state index is 12.7. The van der Waals surface area contributed by atoms with Crippen LogP contribution in [0.2, 0.25) is 0 Å². The van der Waals surface area contributed by atoms with Crippen LogP contribution in [0, 0.1) is 17.8 Å². The molecule has 0 aliphatic heterocycles. The van der Waals surface area contributed by atoms with Crippen LogP contribution >= 0.6 is 0 Å². The Morgan fingerprint density at radius 2 is 1.26 bits per heavy atom. The van der Waals surface area contributed by atoms with Crippen molar-refractivity contribution in [2.24, 2.45) is 23.5 Å². The van der Waals surface area contributed by atoms with Gasteiger partial charge in [0.05, 0.1) is 12.5 Å². The van der Waals surface area contributed by atoms with Crippen LogP contribution in [0.5, 0.6) is 0 Å². The molecule has 0 heterocycles. The zero-order valence-corrected chi connectivity index (χ0v) is 19.0. The highest BCUT2D eigenvalue weighted by atomic mass is 16.4. The number of carbonyl (C=O) groups excluding carboxylic acids is 3. The van der Waals surface area contributed by atoms with Crippen LogP contribution in [-0.4, -0.2) is 64.0 Å². The van der Waals surface area contributed by atoms with Crippen molar-refractivity contribution >= 4 is 29.7 Å². The standard InChI is InChI=1S/C20H36N4O7/c1-7-11(6)14(21)18(28)22-12(8-13(25)26)17(27)23-15(9(2)3)19(29)24-16(10(4)5)20(30)31/h9-12,14-16H,7-8,21H2,1-6H3,(H,22,28)(H,23,27)(H,24,29)(H,25,26)(H,30,31). The summed E-state index contributed by atoms with van der Waals surface area (Å²) in [6.07, 6.45) is -0.0957. The molecule has 5 unspecified atom stereocenters. The van der Waals surface area contributed by atoms with E-state index in [1.54, 1.807) is 34.6 Å². The van der Waals surface area contributed by atoms with Gasteiger partial charge < -0.3 is 31.9 Å². The van der Waals surface area contributed by atoms with E-state index in [4.69, 9.17) is 10.8 Å². The second-order valence-corrected chi connectivity index (χ2v) is 8.37. The van der Waals surface area contributed by atoms with Gasteiger partial charge in [0, 0.05) is 0 Å². The van der Waals surface area contributed by atoms with Crippen molar-refractivity contribution in [3.63, 3.8) is 0 Å². The number of carbonyl (C=O) groups is 5. The Balaban J connectivity index is 5.48. The molecule has 31 heavy (non-hydrogen) atoms. The molecule has 0 aromatic rings. The molecule has 0 aromatic carbocycles. The zero-order valence-electron chi connectivity index (χ0n) is 19.0. The van der Waals surface area contributed by atoms with E-state index in [1.165, 1.54) is 0 Å². The molecule has 0 radical (unpaired) electrons. The predicted molar refractivity (Wildman–Crippen MR) is 113 cm³/mol. The monoisotopic (exact) mass is 444 g/mol. The highest BCUT2D eigenvalue weighted by Crippen LogP contribution is 2.09. The molecule has 0 bridgehead atoms. The number of carboxylic acids is 2. The van der Waals surface area contributed by atoms with Crippen LogP contribution in [-0.2, 0) is 24.0 Å². The van der Waals surface area contributed by atoms with E-state index in [2.05, 4.69) is 16.0 Å². The Labute approximate surface area is 182 Å². The van der Waals surface area contributed by atoms with Crippen molar-refractivity contribution in [3.8, 4) is 0 Å². The summed E-state index contributed by atoms with van der Waals surface area (Å²) in [6.45, 7) is 10.1. The highest BCUT2D eigenvalue weighted by Gasteiger charge is 2.33. The van der Waals surface area contributed by atoms with Gasteiger partial charge in [-0.2, -0.15) is 0 Å². The van der Waals surface area contributed by atoms with Crippen molar-refractivity contribution < 1.29 is 34.2 Å². The van der Waals surface area contributed by atoms with E-state index in [0.29, 0.717) is 6.42 Å². The summed E-state index contributed by atoms with van der Waals surface area (Å²) in [6, 6.07) is -4.67. The fourth-order valence-electron chi connectivity index (χ4n) is 2.71. The first-order chi connectivity index (χ1) is 14.2. The number of hydrogen-bond acceptors (Lipinski definition) is 6. The first-order valence-electron chi connectivity index (χ1n) is 10.3. The van der Waals surface area contributed by atoms with Gasteiger partial charge in [0.15, 0.2) is 0 Å². The fourth-order valence-corrected chi connectivity index (χ4v) is 2.71. The van der Waals surface area contributed by atoms with E-state index in [0.717, 1.165) is 0 Å². The number of amides is 3. The van der Waals surface area contributed by atoms with Crippen molar-refractivity contribution in [1.82, 2.24) is 16.0 Å². The van der Waals surface area contributed by atoms with Crippen LogP contribution in [0.15, 0.2) is 0 Å². The van der Waals surface area contributed by atoms with Crippen molar-refractivity contribution in [2.45, 2.75) is 78.6 Å². The smallest absolute Gasteiger partial charge is 0.326 e. The van der Waals surface area contributed by atoms with E-state index in [9.17, 15) is 29.1 Å². The molecule has 0 fully saturated rings. The Bertz CT molecular complexity index is 666. The molecule has 178 valence electrons. The summed E-state index contributed by atoms with van der Waals surface area (Å²) >= 11 is 0. The number of carboxylic acid groups (broad SMARTS) is 2. The third kappa shape index (κ3) is 9.33. The van der Waals surface area contributed by atoms with E-state index in [1.807, 2.05) is 6.92 Å². The Morgan fingerprint density at radius 1 is 0.774 bits per heavy atom. The molecule has 0 aromatic heterocycles. The molecule has 11 heteroatoms. The van der Waals surface area contributed by atoms with Gasteiger partial charge in [-0.3, -0.25) is 19.2 Å². The van der Waals surface area contributed by atoms with Gasteiger partial charge in [-0.1, -0.05) is 48.0 Å². The van der Waals surface area contributed by atoms with Crippen molar-refractivity contribution in [1.29, 1.82) is 0 Å². The molecule has 0 saturated heterocycles. The molecule has 0 spiro atoms. The molecule has 0 aliphatic carbocycles. The normalized spacial score (nSPS) is 16.0. The van der Waals surface area contributed by atoms with E-state index >= 15 is 0 Å². The van der Waals surface area contributed by atoms with Crippen molar-refractivity contribution in [3.05, 3.63) is 0 Å². The molecule has 0 aliphatic rings. The average Bonchev–Trinajstić information content (AvgIpc) is 2.66. The molecular formula is C20H36N4O7. The van der Waals surface area contributed by atoms with Crippen LogP contribution in [0.4, 0.5) is 0 Å². The summed E-state index contributed by atoms with van der Waals surface area (Å²) in [5.41, 5.74) is 5.85. The number of rotatable bonds is 13. The maximum atomic E-state index is 12.7. The van der Waals surface area contributed by atoms with Crippen LogP contribution in [0.3, 0.4) is 0 Å². The lowest BCUT2D eigenvalue weighted by Crippen LogP contribution is -2.59. The van der Waals surface area contributed by atoms with E-state index in [-0.39, 0.29) is 5.92 Å². The Hall–Kier alpha value is -2.69. The summed E-state index contributed by atoms with van der Waals surface area (Å²) < 4.78 is 0. The van der Waals surface area contributed by atoms with Crippen molar-refractivity contribution in [2.75, 3.05) is 0 Å². The Morgan fingerprint density at radius 3 is 1.65 bits per heavy atom. The lowest BCUT2D eigenvalue weighted by Gasteiger charge is -2.27.